The van der Waals surface area contributed by atoms with E-state index in [0.29, 0.717) is 6.54 Å². The lowest BCUT2D eigenvalue weighted by molar-refractivity contribution is 0.174. The van der Waals surface area contributed by atoms with Crippen molar-refractivity contribution in [3.63, 3.8) is 0 Å². The molecule has 3 aromatic rings. The van der Waals surface area contributed by atoms with Gasteiger partial charge in [-0.1, -0.05) is 30.3 Å². The highest BCUT2D eigenvalue weighted by Gasteiger charge is 2.15. The number of hydrogen-bond acceptors (Lipinski definition) is 4. The largest absolute Gasteiger partial charge is 0.454 e. The van der Waals surface area contributed by atoms with Crippen LogP contribution in [-0.2, 0) is 19.6 Å². The second-order valence-corrected chi connectivity index (χ2v) is 7.74. The van der Waals surface area contributed by atoms with Crippen LogP contribution in [0.25, 0.3) is 0 Å². The van der Waals surface area contributed by atoms with Gasteiger partial charge in [-0.2, -0.15) is 0 Å². The Labute approximate surface area is 182 Å². The number of aromatic nitrogens is 2. The summed E-state index contributed by atoms with van der Waals surface area (Å²) in [6.45, 7) is 5.62. The number of nitrogens with zero attached hydrogens (tertiary/aromatic N) is 3. The van der Waals surface area contributed by atoms with Gasteiger partial charge in [0.15, 0.2) is 16.6 Å². The molecule has 30 heavy (non-hydrogen) atoms. The van der Waals surface area contributed by atoms with E-state index in [2.05, 4.69) is 51.0 Å². The topological polar surface area (TPSA) is 51.6 Å². The maximum atomic E-state index is 5.77. The van der Waals surface area contributed by atoms with Crippen molar-refractivity contribution >= 4 is 17.3 Å². The summed E-state index contributed by atoms with van der Waals surface area (Å²) in [6, 6.07) is 14.4. The number of thiocarbonyl (C=S) groups is 1. The fraction of sp³-hybridized carbons (Fsp3) is 0.304. The van der Waals surface area contributed by atoms with Crippen molar-refractivity contribution in [2.45, 2.75) is 33.0 Å². The summed E-state index contributed by atoms with van der Waals surface area (Å²) >= 11 is 5.77. The molecule has 2 aromatic carbocycles. The first-order valence-electron chi connectivity index (χ1n) is 10.1. The van der Waals surface area contributed by atoms with Crippen molar-refractivity contribution in [3.8, 4) is 11.5 Å². The second kappa shape index (κ2) is 9.63. The smallest absolute Gasteiger partial charge is 0.231 e. The Kier molecular flexibility index (Phi) is 6.49. The van der Waals surface area contributed by atoms with Crippen LogP contribution >= 0.6 is 12.2 Å². The van der Waals surface area contributed by atoms with Crippen molar-refractivity contribution in [2.24, 2.45) is 0 Å². The zero-order chi connectivity index (χ0) is 20.8. The monoisotopic (exact) mass is 422 g/mol. The molecule has 0 amide bonds. The Hall–Kier alpha value is -3.06. The van der Waals surface area contributed by atoms with Gasteiger partial charge in [-0.05, 0) is 54.4 Å². The van der Waals surface area contributed by atoms with Gasteiger partial charge in [-0.25, -0.2) is 4.98 Å². The zero-order valence-corrected chi connectivity index (χ0v) is 17.9. The number of benzene rings is 2. The molecule has 156 valence electrons. The molecule has 1 aliphatic rings. The van der Waals surface area contributed by atoms with Gasteiger partial charge in [-0.15, -0.1) is 0 Å². The van der Waals surface area contributed by atoms with Crippen LogP contribution in [0.15, 0.2) is 61.2 Å². The van der Waals surface area contributed by atoms with E-state index in [4.69, 9.17) is 21.7 Å². The summed E-state index contributed by atoms with van der Waals surface area (Å²) in [5.41, 5.74) is 3.67. The Morgan fingerprint density at radius 2 is 2.07 bits per heavy atom. The highest BCUT2D eigenvalue weighted by molar-refractivity contribution is 7.80. The predicted molar refractivity (Wildman–Crippen MR) is 120 cm³/mol. The molecule has 0 fully saturated rings. The molecule has 0 saturated carbocycles. The lowest BCUT2D eigenvalue weighted by Crippen LogP contribution is -2.40. The fourth-order valence-corrected chi connectivity index (χ4v) is 3.68. The molecule has 2 heterocycles. The molecule has 0 saturated heterocycles. The van der Waals surface area contributed by atoms with Crippen LogP contribution in [0, 0.1) is 6.92 Å². The van der Waals surface area contributed by atoms with Crippen LogP contribution < -0.4 is 14.8 Å². The molecule has 0 aliphatic carbocycles. The SMILES string of the molecule is Cc1ccccc1CN(CCCn1ccnc1)C(=S)NCc1ccc2c(c1)OCO2. The van der Waals surface area contributed by atoms with Crippen LogP contribution in [-0.4, -0.2) is 32.9 Å². The Morgan fingerprint density at radius 1 is 1.20 bits per heavy atom. The number of hydrogen-bond donors (Lipinski definition) is 1. The van der Waals surface area contributed by atoms with E-state index in [1.165, 1.54) is 11.1 Å². The van der Waals surface area contributed by atoms with Gasteiger partial charge < -0.3 is 24.3 Å². The van der Waals surface area contributed by atoms with E-state index < -0.39 is 0 Å². The van der Waals surface area contributed by atoms with E-state index in [-0.39, 0.29) is 6.79 Å². The van der Waals surface area contributed by atoms with E-state index >= 15 is 0 Å². The first-order chi connectivity index (χ1) is 14.7. The number of ether oxygens (including phenoxy) is 2. The average Bonchev–Trinajstić information content (AvgIpc) is 3.44. The molecule has 0 unspecified atom stereocenters. The lowest BCUT2D eigenvalue weighted by Gasteiger charge is -2.27. The standard InChI is InChI=1S/C23H26N4O2S/c1-18-5-2-3-6-20(18)15-27(11-4-10-26-12-9-24-16-26)23(30)25-14-19-7-8-21-22(13-19)29-17-28-21/h2-3,5-9,12-13,16H,4,10-11,14-15,17H2,1H3,(H,25,30). The quantitative estimate of drug-likeness (QED) is 0.556. The summed E-state index contributed by atoms with van der Waals surface area (Å²) in [4.78, 5) is 6.35. The predicted octanol–water partition coefficient (Wildman–Crippen LogP) is 3.89. The van der Waals surface area contributed by atoms with Gasteiger partial charge in [0.1, 0.15) is 0 Å². The van der Waals surface area contributed by atoms with Crippen LogP contribution in [0.4, 0.5) is 0 Å². The van der Waals surface area contributed by atoms with Gasteiger partial charge in [0.05, 0.1) is 6.33 Å². The molecular formula is C23H26N4O2S. The average molecular weight is 423 g/mol. The maximum Gasteiger partial charge on any atom is 0.231 e. The molecule has 1 aliphatic heterocycles. The molecule has 1 aromatic heterocycles. The van der Waals surface area contributed by atoms with E-state index in [1.54, 1.807) is 0 Å². The summed E-state index contributed by atoms with van der Waals surface area (Å²) in [6.07, 6.45) is 6.63. The highest BCUT2D eigenvalue weighted by atomic mass is 32.1. The van der Waals surface area contributed by atoms with Gasteiger partial charge in [0, 0.05) is 38.6 Å². The van der Waals surface area contributed by atoms with Crippen molar-refractivity contribution in [1.82, 2.24) is 19.8 Å². The number of imidazole rings is 1. The molecule has 0 bridgehead atoms. The Balaban J connectivity index is 1.39. The van der Waals surface area contributed by atoms with Gasteiger partial charge in [0.25, 0.3) is 0 Å². The number of nitrogens with one attached hydrogen (secondary N) is 1. The fourth-order valence-electron chi connectivity index (χ4n) is 3.45. The maximum absolute atomic E-state index is 5.77. The first kappa shape index (κ1) is 20.2. The van der Waals surface area contributed by atoms with Crippen molar-refractivity contribution in [3.05, 3.63) is 77.9 Å². The summed E-state index contributed by atoms with van der Waals surface area (Å²) < 4.78 is 13.0. The molecule has 7 heteroatoms. The van der Waals surface area contributed by atoms with Crippen LogP contribution in [0.1, 0.15) is 23.1 Å². The van der Waals surface area contributed by atoms with E-state index in [9.17, 15) is 0 Å². The van der Waals surface area contributed by atoms with Crippen LogP contribution in [0.3, 0.4) is 0 Å². The molecule has 0 radical (unpaired) electrons. The van der Waals surface area contributed by atoms with Crippen LogP contribution in [0.2, 0.25) is 0 Å². The van der Waals surface area contributed by atoms with E-state index in [0.717, 1.165) is 48.2 Å². The molecule has 1 N–H and O–H groups in total. The van der Waals surface area contributed by atoms with Crippen LogP contribution in [0.5, 0.6) is 11.5 Å². The summed E-state index contributed by atoms with van der Waals surface area (Å²) in [5, 5.41) is 4.17. The van der Waals surface area contributed by atoms with Crippen molar-refractivity contribution < 1.29 is 9.47 Å². The minimum Gasteiger partial charge on any atom is -0.454 e. The normalized spacial score (nSPS) is 12.0. The molecule has 4 rings (SSSR count). The molecule has 0 spiro atoms. The Bertz CT molecular complexity index is 991. The number of aryl methyl sites for hydroxylation is 2. The first-order valence-corrected chi connectivity index (χ1v) is 10.5. The van der Waals surface area contributed by atoms with E-state index in [1.807, 2.05) is 36.9 Å². The summed E-state index contributed by atoms with van der Waals surface area (Å²) in [5.74, 6) is 1.58. The molecule has 0 atom stereocenters. The molecule has 6 nitrogen and oxygen atoms in total. The number of rotatable bonds is 8. The minimum atomic E-state index is 0.283. The third-order valence-corrected chi connectivity index (χ3v) is 5.60. The number of fused-ring (bicyclic) bond motifs is 1. The zero-order valence-electron chi connectivity index (χ0n) is 17.1. The third-order valence-electron chi connectivity index (χ3n) is 5.19. The van der Waals surface area contributed by atoms with Gasteiger partial charge >= 0.3 is 0 Å². The third kappa shape index (κ3) is 5.10. The molecular weight excluding hydrogens is 396 g/mol. The van der Waals surface area contributed by atoms with Crippen molar-refractivity contribution in [1.29, 1.82) is 0 Å². The van der Waals surface area contributed by atoms with Crippen molar-refractivity contribution in [2.75, 3.05) is 13.3 Å². The second-order valence-electron chi connectivity index (χ2n) is 7.35. The van der Waals surface area contributed by atoms with Gasteiger partial charge in [-0.3, -0.25) is 0 Å². The Morgan fingerprint density at radius 3 is 2.90 bits per heavy atom. The summed E-state index contributed by atoms with van der Waals surface area (Å²) in [7, 11) is 0. The van der Waals surface area contributed by atoms with Gasteiger partial charge in [0.2, 0.25) is 6.79 Å². The minimum absolute atomic E-state index is 0.283. The highest BCUT2D eigenvalue weighted by Crippen LogP contribution is 2.32. The lowest BCUT2D eigenvalue weighted by atomic mass is 10.1.